The SMILES string of the molecule is CCCc1cccc(S(=O)(=O)NCc2cccnc2N2CCOCC2)c1. The minimum Gasteiger partial charge on any atom is -0.378 e. The van der Waals surface area contributed by atoms with Gasteiger partial charge in [0.15, 0.2) is 0 Å². The summed E-state index contributed by atoms with van der Waals surface area (Å²) in [5.41, 5.74) is 1.90. The predicted molar refractivity (Wildman–Crippen MR) is 102 cm³/mol. The van der Waals surface area contributed by atoms with Crippen molar-refractivity contribution in [3.05, 3.63) is 53.7 Å². The van der Waals surface area contributed by atoms with Crippen molar-refractivity contribution in [3.8, 4) is 0 Å². The van der Waals surface area contributed by atoms with Crippen LogP contribution in [0.4, 0.5) is 5.82 Å². The van der Waals surface area contributed by atoms with E-state index in [0.29, 0.717) is 18.1 Å². The normalized spacial score (nSPS) is 15.2. The van der Waals surface area contributed by atoms with Crippen LogP contribution in [-0.2, 0) is 27.7 Å². The molecule has 26 heavy (non-hydrogen) atoms. The molecule has 1 aliphatic heterocycles. The van der Waals surface area contributed by atoms with E-state index in [0.717, 1.165) is 42.9 Å². The number of anilines is 1. The lowest BCUT2D eigenvalue weighted by Crippen LogP contribution is -2.37. The van der Waals surface area contributed by atoms with Gasteiger partial charge in [-0.2, -0.15) is 0 Å². The number of benzene rings is 1. The van der Waals surface area contributed by atoms with E-state index in [1.54, 1.807) is 24.4 Å². The second-order valence-corrected chi connectivity index (χ2v) is 8.07. The lowest BCUT2D eigenvalue weighted by atomic mass is 10.1. The molecule has 1 aromatic carbocycles. The van der Waals surface area contributed by atoms with Crippen molar-refractivity contribution in [1.29, 1.82) is 0 Å². The lowest BCUT2D eigenvalue weighted by Gasteiger charge is -2.29. The Kier molecular flexibility index (Phi) is 6.24. The van der Waals surface area contributed by atoms with Crippen LogP contribution < -0.4 is 9.62 Å². The smallest absolute Gasteiger partial charge is 0.240 e. The summed E-state index contributed by atoms with van der Waals surface area (Å²) in [6.45, 7) is 5.12. The highest BCUT2D eigenvalue weighted by molar-refractivity contribution is 7.89. The molecule has 0 amide bonds. The number of hydrogen-bond acceptors (Lipinski definition) is 5. The quantitative estimate of drug-likeness (QED) is 0.804. The number of sulfonamides is 1. The highest BCUT2D eigenvalue weighted by Gasteiger charge is 2.19. The molecule has 1 N–H and O–H groups in total. The number of morpholine rings is 1. The van der Waals surface area contributed by atoms with Crippen molar-refractivity contribution >= 4 is 15.8 Å². The van der Waals surface area contributed by atoms with Crippen molar-refractivity contribution < 1.29 is 13.2 Å². The van der Waals surface area contributed by atoms with Gasteiger partial charge in [-0.05, 0) is 30.2 Å². The third-order valence-electron chi connectivity index (χ3n) is 4.38. The zero-order valence-electron chi connectivity index (χ0n) is 15.0. The topological polar surface area (TPSA) is 71.5 Å². The fourth-order valence-corrected chi connectivity index (χ4v) is 4.12. The summed E-state index contributed by atoms with van der Waals surface area (Å²) in [6, 6.07) is 10.9. The molecule has 0 saturated carbocycles. The van der Waals surface area contributed by atoms with E-state index in [1.807, 2.05) is 18.2 Å². The summed E-state index contributed by atoms with van der Waals surface area (Å²) in [6.07, 6.45) is 3.58. The Morgan fingerprint density at radius 1 is 1.19 bits per heavy atom. The number of hydrogen-bond donors (Lipinski definition) is 1. The molecule has 0 radical (unpaired) electrons. The summed E-state index contributed by atoms with van der Waals surface area (Å²) < 4.78 is 33.5. The Morgan fingerprint density at radius 3 is 2.77 bits per heavy atom. The predicted octanol–water partition coefficient (Wildman–Crippen LogP) is 2.35. The molecule has 3 rings (SSSR count). The maximum Gasteiger partial charge on any atom is 0.240 e. The number of aromatic nitrogens is 1. The van der Waals surface area contributed by atoms with Gasteiger partial charge in [0.25, 0.3) is 0 Å². The Hall–Kier alpha value is -1.96. The third-order valence-corrected chi connectivity index (χ3v) is 5.78. The summed E-state index contributed by atoms with van der Waals surface area (Å²) >= 11 is 0. The van der Waals surface area contributed by atoms with Gasteiger partial charge in [0, 0.05) is 31.4 Å². The molecule has 0 spiro atoms. The Balaban J connectivity index is 1.75. The van der Waals surface area contributed by atoms with Crippen LogP contribution in [0.5, 0.6) is 0 Å². The highest BCUT2D eigenvalue weighted by atomic mass is 32.2. The Labute approximate surface area is 155 Å². The molecule has 0 aliphatic carbocycles. The van der Waals surface area contributed by atoms with Crippen LogP contribution in [0, 0.1) is 0 Å². The first kappa shape index (κ1) is 18.8. The van der Waals surface area contributed by atoms with Gasteiger partial charge in [-0.25, -0.2) is 18.1 Å². The molecular weight excluding hydrogens is 350 g/mol. The second kappa shape index (κ2) is 8.62. The summed E-state index contributed by atoms with van der Waals surface area (Å²) in [5, 5.41) is 0. The molecular formula is C19H25N3O3S. The van der Waals surface area contributed by atoms with Crippen LogP contribution in [0.2, 0.25) is 0 Å². The van der Waals surface area contributed by atoms with Gasteiger partial charge in [0.1, 0.15) is 5.82 Å². The van der Waals surface area contributed by atoms with E-state index in [1.165, 1.54) is 0 Å². The van der Waals surface area contributed by atoms with Crippen LogP contribution in [0.1, 0.15) is 24.5 Å². The van der Waals surface area contributed by atoms with E-state index in [-0.39, 0.29) is 6.54 Å². The number of pyridine rings is 1. The lowest BCUT2D eigenvalue weighted by molar-refractivity contribution is 0.122. The summed E-state index contributed by atoms with van der Waals surface area (Å²) in [5.74, 6) is 0.818. The zero-order valence-corrected chi connectivity index (χ0v) is 15.8. The fourth-order valence-electron chi connectivity index (χ4n) is 3.04. The molecule has 0 unspecified atom stereocenters. The van der Waals surface area contributed by atoms with E-state index in [2.05, 4.69) is 21.5 Å². The van der Waals surface area contributed by atoms with Crippen LogP contribution in [0.15, 0.2) is 47.5 Å². The minimum absolute atomic E-state index is 0.209. The van der Waals surface area contributed by atoms with E-state index < -0.39 is 10.0 Å². The van der Waals surface area contributed by atoms with E-state index in [9.17, 15) is 8.42 Å². The van der Waals surface area contributed by atoms with E-state index >= 15 is 0 Å². The molecule has 1 aliphatic rings. The Morgan fingerprint density at radius 2 is 2.00 bits per heavy atom. The number of ether oxygens (including phenoxy) is 1. The van der Waals surface area contributed by atoms with Crippen molar-refractivity contribution in [2.24, 2.45) is 0 Å². The molecule has 7 heteroatoms. The van der Waals surface area contributed by atoms with Crippen LogP contribution in [-0.4, -0.2) is 39.7 Å². The van der Waals surface area contributed by atoms with Gasteiger partial charge >= 0.3 is 0 Å². The molecule has 1 aromatic heterocycles. The van der Waals surface area contributed by atoms with Gasteiger partial charge in [0.05, 0.1) is 18.1 Å². The summed E-state index contributed by atoms with van der Waals surface area (Å²) in [7, 11) is -3.57. The van der Waals surface area contributed by atoms with Gasteiger partial charge in [-0.15, -0.1) is 0 Å². The summed E-state index contributed by atoms with van der Waals surface area (Å²) in [4.78, 5) is 6.89. The highest BCUT2D eigenvalue weighted by Crippen LogP contribution is 2.19. The largest absolute Gasteiger partial charge is 0.378 e. The van der Waals surface area contributed by atoms with Crippen LogP contribution >= 0.6 is 0 Å². The number of aryl methyl sites for hydroxylation is 1. The molecule has 0 bridgehead atoms. The van der Waals surface area contributed by atoms with Gasteiger partial charge in [0.2, 0.25) is 10.0 Å². The average molecular weight is 375 g/mol. The number of rotatable bonds is 7. The molecule has 6 nitrogen and oxygen atoms in total. The van der Waals surface area contributed by atoms with Crippen LogP contribution in [0.25, 0.3) is 0 Å². The van der Waals surface area contributed by atoms with Crippen molar-refractivity contribution in [1.82, 2.24) is 9.71 Å². The molecule has 2 heterocycles. The first-order chi connectivity index (χ1) is 12.6. The molecule has 140 valence electrons. The minimum atomic E-state index is -3.57. The van der Waals surface area contributed by atoms with Gasteiger partial charge in [-0.1, -0.05) is 31.5 Å². The average Bonchev–Trinajstić information content (AvgIpc) is 2.68. The van der Waals surface area contributed by atoms with Crippen molar-refractivity contribution in [2.75, 3.05) is 31.2 Å². The van der Waals surface area contributed by atoms with Crippen molar-refractivity contribution in [2.45, 2.75) is 31.2 Å². The maximum atomic E-state index is 12.7. The molecule has 0 atom stereocenters. The zero-order chi connectivity index (χ0) is 18.4. The van der Waals surface area contributed by atoms with E-state index in [4.69, 9.17) is 4.74 Å². The van der Waals surface area contributed by atoms with Gasteiger partial charge < -0.3 is 9.64 Å². The van der Waals surface area contributed by atoms with Crippen molar-refractivity contribution in [3.63, 3.8) is 0 Å². The molecule has 1 fully saturated rings. The monoisotopic (exact) mass is 375 g/mol. The standard InChI is InChI=1S/C19H25N3O3S/c1-2-5-16-6-3-8-18(14-16)26(23,24)21-15-17-7-4-9-20-19(17)22-10-12-25-13-11-22/h3-4,6-9,14,21H,2,5,10-13,15H2,1H3. The first-order valence-electron chi connectivity index (χ1n) is 8.95. The Bertz CT molecular complexity index is 833. The second-order valence-electron chi connectivity index (χ2n) is 6.31. The molecule has 1 saturated heterocycles. The number of nitrogens with one attached hydrogen (secondary N) is 1. The van der Waals surface area contributed by atoms with Crippen LogP contribution in [0.3, 0.4) is 0 Å². The van der Waals surface area contributed by atoms with Gasteiger partial charge in [-0.3, -0.25) is 0 Å². The molecule has 2 aromatic rings. The first-order valence-corrected chi connectivity index (χ1v) is 10.4. The maximum absolute atomic E-state index is 12.7. The third kappa shape index (κ3) is 4.60. The fraction of sp³-hybridized carbons (Fsp3) is 0.421. The number of nitrogens with zero attached hydrogens (tertiary/aromatic N) is 2.